The largest absolute Gasteiger partial charge is 0.412 e. The molecule has 3 heterocycles. The molecule has 0 fully saturated rings. The van der Waals surface area contributed by atoms with Gasteiger partial charge in [-0.15, -0.1) is 24.8 Å². The Hall–Kier alpha value is -1.97. The number of anilines is 1. The van der Waals surface area contributed by atoms with E-state index in [9.17, 15) is 9.18 Å². The van der Waals surface area contributed by atoms with Gasteiger partial charge in [-0.25, -0.2) is 4.39 Å². The van der Waals surface area contributed by atoms with Gasteiger partial charge in [-0.3, -0.25) is 9.69 Å². The molecule has 0 spiro atoms. The van der Waals surface area contributed by atoms with Crippen LogP contribution in [0.2, 0.25) is 0 Å². The minimum absolute atomic E-state index is 0. The normalized spacial score (nSPS) is 14.4. The Morgan fingerprint density at radius 2 is 1.73 bits per heavy atom. The predicted molar refractivity (Wildman–Crippen MR) is 136 cm³/mol. The lowest BCUT2D eigenvalue weighted by atomic mass is 10.1. The number of aromatic nitrogens is 2. The molecule has 2 aromatic carbocycles. The molecule has 3 aromatic rings. The van der Waals surface area contributed by atoms with Crippen LogP contribution in [0.3, 0.4) is 0 Å². The summed E-state index contributed by atoms with van der Waals surface area (Å²) in [5, 5.41) is 0. The van der Waals surface area contributed by atoms with Crippen molar-refractivity contribution in [3.63, 3.8) is 0 Å². The van der Waals surface area contributed by atoms with Crippen LogP contribution in [-0.2, 0) is 32.6 Å². The molecule has 0 saturated carbocycles. The Bertz CT molecular complexity index is 1160. The van der Waals surface area contributed by atoms with Crippen molar-refractivity contribution in [3.8, 4) is 0 Å². The fourth-order valence-electron chi connectivity index (χ4n) is 4.42. The topological polar surface area (TPSA) is 72.9 Å². The van der Waals surface area contributed by atoms with Crippen molar-refractivity contribution >= 4 is 46.7 Å². The van der Waals surface area contributed by atoms with Crippen molar-refractivity contribution < 1.29 is 9.87 Å². The quantitative estimate of drug-likeness (QED) is 0.488. The van der Waals surface area contributed by atoms with E-state index in [4.69, 9.17) is 0 Å². The Balaban J connectivity index is 0.00000128. The van der Waals surface area contributed by atoms with Crippen LogP contribution in [0.1, 0.15) is 22.4 Å². The van der Waals surface area contributed by atoms with Crippen molar-refractivity contribution in [3.05, 3.63) is 91.6 Å². The van der Waals surface area contributed by atoms with Crippen molar-refractivity contribution in [1.29, 1.82) is 0 Å². The molecule has 0 saturated heterocycles. The summed E-state index contributed by atoms with van der Waals surface area (Å²) in [5.41, 5.74) is 4.06. The van der Waals surface area contributed by atoms with Gasteiger partial charge in [-0.1, -0.05) is 36.4 Å². The summed E-state index contributed by atoms with van der Waals surface area (Å²) >= 11 is 3.25. The molecule has 0 atom stereocenters. The first kappa shape index (κ1) is 27.3. The zero-order valence-corrected chi connectivity index (χ0v) is 21.1. The molecule has 6 nitrogen and oxygen atoms in total. The van der Waals surface area contributed by atoms with E-state index in [2.05, 4.69) is 47.4 Å². The van der Waals surface area contributed by atoms with Gasteiger partial charge in [0.2, 0.25) is 5.95 Å². The molecule has 33 heavy (non-hydrogen) atoms. The first-order valence-electron chi connectivity index (χ1n) is 10.2. The zero-order valence-electron chi connectivity index (χ0n) is 17.8. The highest BCUT2D eigenvalue weighted by Gasteiger charge is 2.29. The number of halogens is 4. The zero-order chi connectivity index (χ0) is 20.7. The lowest BCUT2D eigenvalue weighted by Gasteiger charge is -2.30. The summed E-state index contributed by atoms with van der Waals surface area (Å²) in [6.07, 6.45) is 0.850. The third-order valence-electron chi connectivity index (χ3n) is 5.90. The highest BCUT2D eigenvalue weighted by atomic mass is 79.9. The van der Waals surface area contributed by atoms with Gasteiger partial charge in [0.1, 0.15) is 5.82 Å². The maximum Gasteiger partial charge on any atom is 0.279 e. The van der Waals surface area contributed by atoms with Crippen molar-refractivity contribution in [2.24, 2.45) is 0 Å². The maximum atomic E-state index is 13.5. The van der Waals surface area contributed by atoms with Gasteiger partial charge in [-0.2, -0.15) is 4.98 Å². The van der Waals surface area contributed by atoms with Crippen molar-refractivity contribution in [2.75, 3.05) is 18.0 Å². The molecule has 2 aliphatic rings. The van der Waals surface area contributed by atoms with E-state index in [0.29, 0.717) is 17.6 Å². The third kappa shape index (κ3) is 5.58. The Morgan fingerprint density at radius 1 is 0.970 bits per heavy atom. The van der Waals surface area contributed by atoms with Gasteiger partial charge >= 0.3 is 0 Å². The molecule has 2 N–H and O–H groups in total. The second-order valence-corrected chi connectivity index (χ2v) is 8.76. The number of nitrogens with zero attached hydrogens (tertiary/aromatic N) is 4. The van der Waals surface area contributed by atoms with Crippen LogP contribution in [0.5, 0.6) is 0 Å². The molecule has 2 aliphatic heterocycles. The van der Waals surface area contributed by atoms with E-state index >= 15 is 0 Å². The highest BCUT2D eigenvalue weighted by molar-refractivity contribution is 9.10. The standard InChI is InChI=1S/C23H22BrFN4O.2ClH.H2O/c24-19-12-17(6-7-20(19)25)14-28-10-11-29-21-8-9-27(13-16-4-2-1-3-5-16)15-18(21)22(30)26-23(28)29;;;/h1-7,12H,8-11,13-15H2;2*1H;1H2. The van der Waals surface area contributed by atoms with Crippen LogP contribution in [0, 0.1) is 5.82 Å². The predicted octanol–water partition coefficient (Wildman–Crippen LogP) is 3.74. The third-order valence-corrected chi connectivity index (χ3v) is 6.51. The molecule has 178 valence electrons. The summed E-state index contributed by atoms with van der Waals surface area (Å²) in [7, 11) is 0. The lowest BCUT2D eigenvalue weighted by molar-refractivity contribution is 0.239. The van der Waals surface area contributed by atoms with Gasteiger partial charge < -0.3 is 14.9 Å². The van der Waals surface area contributed by atoms with Crippen LogP contribution in [0.15, 0.2) is 57.8 Å². The summed E-state index contributed by atoms with van der Waals surface area (Å²) in [5.74, 6) is 0.458. The summed E-state index contributed by atoms with van der Waals surface area (Å²) in [6, 6.07) is 15.4. The van der Waals surface area contributed by atoms with Crippen molar-refractivity contribution in [1.82, 2.24) is 14.5 Å². The fourth-order valence-corrected chi connectivity index (χ4v) is 4.85. The van der Waals surface area contributed by atoms with Gasteiger partial charge in [0.05, 0.1) is 10.0 Å². The molecule has 0 radical (unpaired) electrons. The molecule has 0 aliphatic carbocycles. The Morgan fingerprint density at radius 3 is 2.45 bits per heavy atom. The highest BCUT2D eigenvalue weighted by Crippen LogP contribution is 2.27. The van der Waals surface area contributed by atoms with Crippen LogP contribution in [-0.4, -0.2) is 33.0 Å². The number of benzene rings is 2. The lowest BCUT2D eigenvalue weighted by Crippen LogP contribution is -2.37. The van der Waals surface area contributed by atoms with E-state index in [1.54, 1.807) is 12.1 Å². The summed E-state index contributed by atoms with van der Waals surface area (Å²) in [4.78, 5) is 21.8. The molecule has 1 aromatic heterocycles. The van der Waals surface area contributed by atoms with E-state index < -0.39 is 0 Å². The molecule has 0 unspecified atom stereocenters. The van der Waals surface area contributed by atoms with Gasteiger partial charge in [0.25, 0.3) is 5.56 Å². The van der Waals surface area contributed by atoms with Gasteiger partial charge in [0, 0.05) is 51.4 Å². The number of hydrogen-bond donors (Lipinski definition) is 0. The maximum absolute atomic E-state index is 13.5. The molecule has 0 bridgehead atoms. The number of hydrogen-bond acceptors (Lipinski definition) is 4. The smallest absolute Gasteiger partial charge is 0.279 e. The monoisotopic (exact) mass is 558 g/mol. The fraction of sp³-hybridized carbons (Fsp3) is 0.304. The van der Waals surface area contributed by atoms with Crippen LogP contribution < -0.4 is 10.5 Å². The average molecular weight is 560 g/mol. The molecular weight excluding hydrogens is 534 g/mol. The average Bonchev–Trinajstić information content (AvgIpc) is 3.14. The second kappa shape index (κ2) is 11.4. The molecular formula is C23H26BrCl2FN4O2. The van der Waals surface area contributed by atoms with E-state index in [0.717, 1.165) is 55.4 Å². The van der Waals surface area contributed by atoms with Crippen LogP contribution >= 0.6 is 40.7 Å². The minimum atomic E-state index is -0.274. The number of fused-ring (bicyclic) bond motifs is 3. The second-order valence-electron chi connectivity index (χ2n) is 7.91. The van der Waals surface area contributed by atoms with E-state index in [1.807, 2.05) is 18.2 Å². The first-order chi connectivity index (χ1) is 14.6. The van der Waals surface area contributed by atoms with Gasteiger partial charge in [0.15, 0.2) is 0 Å². The number of rotatable bonds is 4. The van der Waals surface area contributed by atoms with Crippen molar-refractivity contribution in [2.45, 2.75) is 32.6 Å². The van der Waals surface area contributed by atoms with E-state index in [1.165, 1.54) is 11.6 Å². The molecule has 10 heteroatoms. The molecule has 5 rings (SSSR count). The first-order valence-corrected chi connectivity index (χ1v) is 11.0. The summed E-state index contributed by atoms with van der Waals surface area (Å²) in [6.45, 7) is 4.63. The Kier molecular flexibility index (Phi) is 9.46. The van der Waals surface area contributed by atoms with E-state index in [-0.39, 0.29) is 41.7 Å². The minimum Gasteiger partial charge on any atom is -0.412 e. The summed E-state index contributed by atoms with van der Waals surface area (Å²) < 4.78 is 16.2. The van der Waals surface area contributed by atoms with Gasteiger partial charge in [-0.05, 0) is 39.2 Å². The van der Waals surface area contributed by atoms with Crippen LogP contribution in [0.25, 0.3) is 0 Å². The SMILES string of the molecule is Cl.Cl.O.O=c1nc2n(c3c1CN(Cc1ccccc1)CC3)CCN2Cc1ccc(F)c(Br)c1. The van der Waals surface area contributed by atoms with Crippen LogP contribution in [0.4, 0.5) is 10.3 Å². The molecule has 0 amide bonds. The Labute approximate surface area is 212 Å².